The van der Waals surface area contributed by atoms with Crippen LogP contribution in [0.25, 0.3) is 5.52 Å². The van der Waals surface area contributed by atoms with Gasteiger partial charge in [-0.2, -0.15) is 0 Å². The molecule has 0 bridgehead atoms. The van der Waals surface area contributed by atoms with Crippen molar-refractivity contribution in [2.45, 2.75) is 77.5 Å². The molecule has 302 valence electrons. The summed E-state index contributed by atoms with van der Waals surface area (Å²) in [4.78, 5) is 59.3. The average molecular weight is 801 g/mol. The first-order valence-electron chi connectivity index (χ1n) is 18.4. The summed E-state index contributed by atoms with van der Waals surface area (Å²) in [5.41, 5.74) is 9.43. The van der Waals surface area contributed by atoms with E-state index in [1.807, 2.05) is 52.9 Å². The number of aromatic nitrogens is 3. The predicted molar refractivity (Wildman–Crippen MR) is 214 cm³/mol. The van der Waals surface area contributed by atoms with Crippen molar-refractivity contribution < 1.29 is 38.9 Å². The molecule has 15 heteroatoms. The lowest BCUT2D eigenvalue weighted by molar-refractivity contribution is -0.145. The molecule has 0 aliphatic carbocycles. The number of fused-ring (bicyclic) bond motifs is 2. The maximum atomic E-state index is 12.8. The first-order chi connectivity index (χ1) is 27.0. The molecule has 57 heavy (non-hydrogen) atoms. The van der Waals surface area contributed by atoms with Crippen LogP contribution in [0.4, 0.5) is 0 Å². The summed E-state index contributed by atoms with van der Waals surface area (Å²) in [7, 11) is 0. The highest BCUT2D eigenvalue weighted by Crippen LogP contribution is 2.24. The fraction of sp³-hybridized carbons (Fsp3) is 0.333. The number of aliphatic hydroxyl groups is 2. The van der Waals surface area contributed by atoms with Gasteiger partial charge < -0.3 is 30.7 Å². The number of unbranched alkanes of at least 4 members (excludes halogenated alkanes) is 2. The van der Waals surface area contributed by atoms with Crippen LogP contribution in [-0.2, 0) is 45.4 Å². The highest BCUT2D eigenvalue weighted by molar-refractivity contribution is 6.21. The number of hydrogen-bond donors (Lipinski definition) is 4. The maximum absolute atomic E-state index is 12.8. The van der Waals surface area contributed by atoms with Crippen molar-refractivity contribution in [3.8, 4) is 0 Å². The number of hydrogen-bond acceptors (Lipinski definition) is 11. The first-order valence-corrected chi connectivity index (χ1v) is 18.4. The number of aliphatic hydroxyl groups excluding tert-OH is 2. The molecule has 1 aliphatic heterocycles. The SMILES string of the molecule is CC(C)(N)C(=O)NC(COCc1ccccc1)c1ncc2cccc(COC(=O)CCCCCO)n12.Cl.O=C1c2ccccc2C(=O)N1Cc1cccc(CO)n1. The van der Waals surface area contributed by atoms with E-state index >= 15 is 0 Å². The van der Waals surface area contributed by atoms with E-state index < -0.39 is 11.6 Å². The minimum Gasteiger partial charge on any atom is -0.459 e. The van der Waals surface area contributed by atoms with Gasteiger partial charge in [0.05, 0.1) is 71.8 Å². The van der Waals surface area contributed by atoms with E-state index in [4.69, 9.17) is 25.4 Å². The lowest BCUT2D eigenvalue weighted by Gasteiger charge is -2.24. The van der Waals surface area contributed by atoms with Gasteiger partial charge in [0.2, 0.25) is 5.91 Å². The van der Waals surface area contributed by atoms with Crippen LogP contribution in [0.3, 0.4) is 0 Å². The number of carbonyl (C=O) groups is 4. The van der Waals surface area contributed by atoms with E-state index in [0.717, 1.165) is 23.2 Å². The van der Waals surface area contributed by atoms with Crippen molar-refractivity contribution in [1.82, 2.24) is 24.6 Å². The molecule has 1 aliphatic rings. The summed E-state index contributed by atoms with van der Waals surface area (Å²) in [5, 5.41) is 20.9. The highest BCUT2D eigenvalue weighted by Gasteiger charge is 2.35. The van der Waals surface area contributed by atoms with E-state index in [0.29, 0.717) is 54.2 Å². The summed E-state index contributed by atoms with van der Waals surface area (Å²) in [6.07, 6.45) is 4.12. The van der Waals surface area contributed by atoms with Gasteiger partial charge in [0.1, 0.15) is 18.5 Å². The van der Waals surface area contributed by atoms with Crippen molar-refractivity contribution in [2.24, 2.45) is 5.73 Å². The second-order valence-corrected chi connectivity index (χ2v) is 13.9. The van der Waals surface area contributed by atoms with Crippen molar-refractivity contribution in [3.05, 3.63) is 137 Å². The van der Waals surface area contributed by atoms with Crippen LogP contribution in [-0.4, -0.2) is 71.9 Å². The molecule has 3 amide bonds. The third-order valence-corrected chi connectivity index (χ3v) is 8.90. The number of esters is 1. The number of nitrogens with two attached hydrogens (primary N) is 1. The number of imide groups is 1. The predicted octanol–water partition coefficient (Wildman–Crippen LogP) is 4.83. The minimum atomic E-state index is -1.08. The number of benzene rings is 2. The minimum absolute atomic E-state index is 0. The molecule has 0 saturated carbocycles. The van der Waals surface area contributed by atoms with Crippen molar-refractivity contribution >= 4 is 41.6 Å². The van der Waals surface area contributed by atoms with Gasteiger partial charge in [-0.25, -0.2) is 4.98 Å². The van der Waals surface area contributed by atoms with E-state index in [9.17, 15) is 19.2 Å². The largest absolute Gasteiger partial charge is 0.459 e. The van der Waals surface area contributed by atoms with E-state index in [1.165, 1.54) is 4.90 Å². The second-order valence-electron chi connectivity index (χ2n) is 13.9. The summed E-state index contributed by atoms with van der Waals surface area (Å²) in [6, 6.07) is 26.7. The molecule has 2 aromatic carbocycles. The van der Waals surface area contributed by atoms with Crippen LogP contribution in [0.1, 0.15) is 94.8 Å². The molecule has 5 N–H and O–H groups in total. The van der Waals surface area contributed by atoms with Gasteiger partial charge in [-0.1, -0.05) is 61.0 Å². The van der Waals surface area contributed by atoms with Gasteiger partial charge >= 0.3 is 5.97 Å². The standard InChI is InChI=1S/C27H36N4O5.C15H12N2O3.ClH/c1-27(2,28)26(34)30-23(19-35-17-20-10-5-3-6-11-20)25-29-16-21-12-9-13-22(31(21)25)18-36-24(33)14-7-4-8-15-32;18-9-11-5-3-4-10(16-11)8-17-14(19)12-6-1-2-7-13(12)15(17)20;/h3,5-6,9-13,16,23,32H,4,7-8,14-15,17-19,28H2,1-2H3,(H,30,34);1-7,18H,8-9H2;1H. The Morgan fingerprint density at radius 3 is 2.18 bits per heavy atom. The zero-order chi connectivity index (χ0) is 40.1. The van der Waals surface area contributed by atoms with E-state index in [-0.39, 0.29) is 69.1 Å². The molecule has 1 atom stereocenters. The lowest BCUT2D eigenvalue weighted by Crippen LogP contribution is -2.51. The van der Waals surface area contributed by atoms with Crippen LogP contribution in [0.15, 0.2) is 97.2 Å². The molecule has 0 fully saturated rings. The van der Waals surface area contributed by atoms with Crippen LogP contribution in [0, 0.1) is 0 Å². The Morgan fingerprint density at radius 1 is 0.842 bits per heavy atom. The monoisotopic (exact) mass is 800 g/mol. The molecule has 14 nitrogen and oxygen atoms in total. The Balaban J connectivity index is 0.000000288. The third kappa shape index (κ3) is 12.0. The summed E-state index contributed by atoms with van der Waals surface area (Å²) >= 11 is 0. The molecule has 4 heterocycles. The van der Waals surface area contributed by atoms with Crippen LogP contribution in [0.5, 0.6) is 0 Å². The maximum Gasteiger partial charge on any atom is 0.306 e. The van der Waals surface area contributed by atoms with Crippen molar-refractivity contribution in [1.29, 1.82) is 0 Å². The molecule has 0 saturated heterocycles. The number of nitrogens with one attached hydrogen (secondary N) is 1. The molecule has 3 aromatic heterocycles. The van der Waals surface area contributed by atoms with Gasteiger partial charge in [0.25, 0.3) is 11.8 Å². The highest BCUT2D eigenvalue weighted by atomic mass is 35.5. The van der Waals surface area contributed by atoms with Crippen LogP contribution < -0.4 is 11.1 Å². The number of nitrogens with zero attached hydrogens (tertiary/aromatic N) is 4. The Bertz CT molecular complexity index is 2090. The zero-order valence-electron chi connectivity index (χ0n) is 32.0. The van der Waals surface area contributed by atoms with Crippen LogP contribution in [0.2, 0.25) is 0 Å². The summed E-state index contributed by atoms with van der Waals surface area (Å²) in [5.74, 6) is -0.680. The fourth-order valence-corrected chi connectivity index (χ4v) is 5.93. The third-order valence-electron chi connectivity index (χ3n) is 8.90. The lowest BCUT2D eigenvalue weighted by atomic mass is 10.1. The normalized spacial score (nSPS) is 12.7. The Hall–Kier alpha value is -5.51. The molecule has 0 radical (unpaired) electrons. The van der Waals surface area contributed by atoms with E-state index in [2.05, 4.69) is 15.3 Å². The molecular formula is C42H49ClN6O8. The van der Waals surface area contributed by atoms with Gasteiger partial charge in [-0.3, -0.25) is 33.5 Å². The smallest absolute Gasteiger partial charge is 0.306 e. The van der Waals surface area contributed by atoms with Crippen molar-refractivity contribution in [2.75, 3.05) is 13.2 Å². The summed E-state index contributed by atoms with van der Waals surface area (Å²) in [6.45, 7) is 3.95. The topological polar surface area (TPSA) is 199 Å². The summed E-state index contributed by atoms with van der Waals surface area (Å²) < 4.78 is 13.3. The molecule has 6 rings (SSSR count). The second kappa shape index (κ2) is 21.1. The number of ether oxygens (including phenoxy) is 2. The van der Waals surface area contributed by atoms with Gasteiger partial charge in [0.15, 0.2) is 0 Å². The van der Waals surface area contributed by atoms with Crippen LogP contribution >= 0.6 is 12.4 Å². The quantitative estimate of drug-likeness (QED) is 0.0571. The molecule has 0 spiro atoms. The first kappa shape index (κ1) is 44.2. The number of carbonyl (C=O) groups excluding carboxylic acids is 4. The number of halogens is 1. The Morgan fingerprint density at radius 2 is 1.51 bits per heavy atom. The number of rotatable bonds is 17. The van der Waals surface area contributed by atoms with Gasteiger partial charge in [-0.15, -0.1) is 12.4 Å². The zero-order valence-corrected chi connectivity index (χ0v) is 32.8. The molecule has 5 aromatic rings. The Kier molecular flexibility index (Phi) is 16.4. The van der Waals surface area contributed by atoms with Gasteiger partial charge in [-0.05, 0) is 68.7 Å². The Labute approximate surface area is 337 Å². The van der Waals surface area contributed by atoms with Gasteiger partial charge in [0, 0.05) is 13.0 Å². The molecular weight excluding hydrogens is 752 g/mol. The number of pyridine rings is 2. The molecule has 1 unspecified atom stereocenters. The number of amides is 3. The average Bonchev–Trinajstić information content (AvgIpc) is 3.74. The number of imidazole rings is 1. The van der Waals surface area contributed by atoms with E-state index in [1.54, 1.807) is 62.5 Å². The fourth-order valence-electron chi connectivity index (χ4n) is 5.93. The van der Waals surface area contributed by atoms with Crippen molar-refractivity contribution in [3.63, 3.8) is 0 Å².